The van der Waals surface area contributed by atoms with Gasteiger partial charge in [-0.3, -0.25) is 4.79 Å². The molecule has 0 unspecified atom stereocenters. The number of imidazole rings is 1. The first-order valence-corrected chi connectivity index (χ1v) is 9.50. The van der Waals surface area contributed by atoms with Crippen LogP contribution < -0.4 is 10.2 Å². The molecule has 5 heteroatoms. The quantitative estimate of drug-likeness (QED) is 0.753. The van der Waals surface area contributed by atoms with E-state index in [4.69, 9.17) is 0 Å². The summed E-state index contributed by atoms with van der Waals surface area (Å²) in [6.45, 7) is 2.73. The molecule has 27 heavy (non-hydrogen) atoms. The summed E-state index contributed by atoms with van der Waals surface area (Å²) < 4.78 is 1.95. The van der Waals surface area contributed by atoms with E-state index in [2.05, 4.69) is 27.3 Å². The van der Waals surface area contributed by atoms with Crippen LogP contribution in [0.25, 0.3) is 5.69 Å². The van der Waals surface area contributed by atoms with E-state index in [0.717, 1.165) is 24.3 Å². The minimum Gasteiger partial charge on any atom is -0.372 e. The van der Waals surface area contributed by atoms with Crippen LogP contribution in [0.4, 0.5) is 5.69 Å². The van der Waals surface area contributed by atoms with Gasteiger partial charge in [-0.1, -0.05) is 12.1 Å². The number of carbonyl (C=O) groups excluding carboxylic acids is 1. The maximum Gasteiger partial charge on any atom is 0.251 e. The first-order valence-electron chi connectivity index (χ1n) is 9.50. The molecular weight excluding hydrogens is 336 g/mol. The molecule has 1 N–H and O–H groups in total. The summed E-state index contributed by atoms with van der Waals surface area (Å²) in [6, 6.07) is 16.0. The SMILES string of the molecule is O=C(NCc1ccc(-n2ccnc2)cc1)c1ccc(N2CCCCC2)cc1. The van der Waals surface area contributed by atoms with Gasteiger partial charge in [-0.05, 0) is 61.2 Å². The maximum absolute atomic E-state index is 12.4. The number of nitrogens with one attached hydrogen (secondary N) is 1. The van der Waals surface area contributed by atoms with Crippen molar-refractivity contribution in [1.29, 1.82) is 0 Å². The summed E-state index contributed by atoms with van der Waals surface area (Å²) in [6.07, 6.45) is 9.25. The lowest BCUT2D eigenvalue weighted by atomic mass is 10.1. The Hall–Kier alpha value is -3.08. The Bertz CT molecular complexity index is 864. The fourth-order valence-corrected chi connectivity index (χ4v) is 3.46. The molecule has 4 rings (SSSR count). The summed E-state index contributed by atoms with van der Waals surface area (Å²) >= 11 is 0. The Kier molecular flexibility index (Phi) is 5.19. The molecule has 0 atom stereocenters. The average Bonchev–Trinajstić information content (AvgIpc) is 3.28. The molecule has 0 spiro atoms. The zero-order chi connectivity index (χ0) is 18.5. The van der Waals surface area contributed by atoms with Gasteiger partial charge in [0.2, 0.25) is 0 Å². The summed E-state index contributed by atoms with van der Waals surface area (Å²) in [5, 5.41) is 3.00. The fourth-order valence-electron chi connectivity index (χ4n) is 3.46. The number of nitrogens with zero attached hydrogens (tertiary/aromatic N) is 3. The maximum atomic E-state index is 12.4. The number of benzene rings is 2. The number of carbonyl (C=O) groups is 1. The summed E-state index contributed by atoms with van der Waals surface area (Å²) in [5.74, 6) is -0.0427. The van der Waals surface area contributed by atoms with Crippen LogP contribution in [-0.4, -0.2) is 28.5 Å². The monoisotopic (exact) mass is 360 g/mol. The second-order valence-corrected chi connectivity index (χ2v) is 6.91. The normalized spacial score (nSPS) is 14.1. The first-order chi connectivity index (χ1) is 13.3. The summed E-state index contributed by atoms with van der Waals surface area (Å²) in [5.41, 5.74) is 4.03. The molecular formula is C22H24N4O. The Morgan fingerprint density at radius 1 is 0.926 bits per heavy atom. The largest absolute Gasteiger partial charge is 0.372 e. The molecule has 2 aromatic carbocycles. The van der Waals surface area contributed by atoms with Crippen molar-refractivity contribution in [3.63, 3.8) is 0 Å². The molecule has 1 aliphatic heterocycles. The lowest BCUT2D eigenvalue weighted by Gasteiger charge is -2.28. The third-order valence-electron chi connectivity index (χ3n) is 5.04. The van der Waals surface area contributed by atoms with E-state index in [1.807, 2.05) is 47.2 Å². The molecule has 0 saturated carbocycles. The number of hydrogen-bond donors (Lipinski definition) is 1. The molecule has 1 aromatic heterocycles. The van der Waals surface area contributed by atoms with Crippen molar-refractivity contribution in [3.8, 4) is 5.69 Å². The minimum atomic E-state index is -0.0427. The van der Waals surface area contributed by atoms with Gasteiger partial charge in [-0.15, -0.1) is 0 Å². The Morgan fingerprint density at radius 3 is 2.30 bits per heavy atom. The number of hydrogen-bond acceptors (Lipinski definition) is 3. The van der Waals surface area contributed by atoms with E-state index < -0.39 is 0 Å². The smallest absolute Gasteiger partial charge is 0.251 e. The molecule has 2 heterocycles. The van der Waals surface area contributed by atoms with Crippen LogP contribution >= 0.6 is 0 Å². The Balaban J connectivity index is 1.33. The van der Waals surface area contributed by atoms with E-state index in [1.54, 1.807) is 12.5 Å². The van der Waals surface area contributed by atoms with E-state index in [-0.39, 0.29) is 5.91 Å². The first kappa shape index (κ1) is 17.3. The number of anilines is 1. The van der Waals surface area contributed by atoms with Crippen LogP contribution in [-0.2, 0) is 6.54 Å². The Morgan fingerprint density at radius 2 is 1.63 bits per heavy atom. The molecule has 0 bridgehead atoms. The van der Waals surface area contributed by atoms with Gasteiger partial charge < -0.3 is 14.8 Å². The molecule has 1 saturated heterocycles. The topological polar surface area (TPSA) is 50.2 Å². The van der Waals surface area contributed by atoms with Crippen LogP contribution in [0.15, 0.2) is 67.3 Å². The zero-order valence-electron chi connectivity index (χ0n) is 15.3. The van der Waals surface area contributed by atoms with Crippen molar-refractivity contribution in [1.82, 2.24) is 14.9 Å². The van der Waals surface area contributed by atoms with Crippen LogP contribution in [0.3, 0.4) is 0 Å². The molecule has 1 fully saturated rings. The van der Waals surface area contributed by atoms with Gasteiger partial charge in [0.25, 0.3) is 5.91 Å². The average molecular weight is 360 g/mol. The predicted octanol–water partition coefficient (Wildman–Crippen LogP) is 3.79. The van der Waals surface area contributed by atoms with Gasteiger partial charge in [0, 0.05) is 49.0 Å². The Labute approximate surface area is 159 Å². The van der Waals surface area contributed by atoms with E-state index in [1.165, 1.54) is 24.9 Å². The van der Waals surface area contributed by atoms with Gasteiger partial charge in [-0.2, -0.15) is 0 Å². The van der Waals surface area contributed by atoms with Gasteiger partial charge in [0.1, 0.15) is 0 Å². The number of piperidine rings is 1. The van der Waals surface area contributed by atoms with Crippen molar-refractivity contribution >= 4 is 11.6 Å². The molecule has 0 radical (unpaired) electrons. The van der Waals surface area contributed by atoms with Gasteiger partial charge in [-0.25, -0.2) is 4.98 Å². The standard InChI is InChI=1S/C22H24N4O/c27-22(19-6-10-20(11-7-19)25-13-2-1-3-14-25)24-16-18-4-8-21(9-5-18)26-15-12-23-17-26/h4-12,15,17H,1-3,13-14,16H2,(H,24,27). The van der Waals surface area contributed by atoms with E-state index in [0.29, 0.717) is 12.1 Å². The van der Waals surface area contributed by atoms with Gasteiger partial charge in [0.05, 0.1) is 6.33 Å². The van der Waals surface area contributed by atoms with Gasteiger partial charge >= 0.3 is 0 Å². The molecule has 0 aliphatic carbocycles. The highest BCUT2D eigenvalue weighted by molar-refractivity contribution is 5.94. The third-order valence-corrected chi connectivity index (χ3v) is 5.04. The van der Waals surface area contributed by atoms with Crippen LogP contribution in [0.2, 0.25) is 0 Å². The second kappa shape index (κ2) is 8.08. The van der Waals surface area contributed by atoms with Gasteiger partial charge in [0.15, 0.2) is 0 Å². The molecule has 3 aromatic rings. The minimum absolute atomic E-state index is 0.0427. The van der Waals surface area contributed by atoms with Crippen molar-refractivity contribution in [2.45, 2.75) is 25.8 Å². The van der Waals surface area contributed by atoms with Crippen molar-refractivity contribution in [2.24, 2.45) is 0 Å². The molecule has 1 amide bonds. The highest BCUT2D eigenvalue weighted by Gasteiger charge is 2.12. The lowest BCUT2D eigenvalue weighted by Crippen LogP contribution is -2.29. The van der Waals surface area contributed by atoms with Crippen LogP contribution in [0.1, 0.15) is 35.2 Å². The van der Waals surface area contributed by atoms with Crippen LogP contribution in [0, 0.1) is 0 Å². The van der Waals surface area contributed by atoms with E-state index in [9.17, 15) is 4.79 Å². The molecule has 1 aliphatic rings. The highest BCUT2D eigenvalue weighted by Crippen LogP contribution is 2.20. The van der Waals surface area contributed by atoms with Crippen molar-refractivity contribution in [2.75, 3.05) is 18.0 Å². The lowest BCUT2D eigenvalue weighted by molar-refractivity contribution is 0.0951. The number of amides is 1. The highest BCUT2D eigenvalue weighted by atomic mass is 16.1. The summed E-state index contributed by atoms with van der Waals surface area (Å²) in [7, 11) is 0. The zero-order valence-corrected chi connectivity index (χ0v) is 15.3. The number of rotatable bonds is 5. The molecule has 138 valence electrons. The molecule has 5 nitrogen and oxygen atoms in total. The van der Waals surface area contributed by atoms with Crippen molar-refractivity contribution < 1.29 is 4.79 Å². The second-order valence-electron chi connectivity index (χ2n) is 6.91. The van der Waals surface area contributed by atoms with Crippen LogP contribution in [0.5, 0.6) is 0 Å². The van der Waals surface area contributed by atoms with E-state index >= 15 is 0 Å². The number of aromatic nitrogens is 2. The fraction of sp³-hybridized carbons (Fsp3) is 0.273. The summed E-state index contributed by atoms with van der Waals surface area (Å²) in [4.78, 5) is 18.9. The van der Waals surface area contributed by atoms with Crippen molar-refractivity contribution in [3.05, 3.63) is 78.4 Å². The third kappa shape index (κ3) is 4.19. The predicted molar refractivity (Wildman–Crippen MR) is 107 cm³/mol.